The lowest BCUT2D eigenvalue weighted by atomic mass is 10.1. The van der Waals surface area contributed by atoms with Gasteiger partial charge in [-0.3, -0.25) is 4.79 Å². The number of anilines is 1. The van der Waals surface area contributed by atoms with Crippen LogP contribution in [0.3, 0.4) is 0 Å². The van der Waals surface area contributed by atoms with Crippen LogP contribution >= 0.6 is 0 Å². The highest BCUT2D eigenvalue weighted by molar-refractivity contribution is 6.01. The summed E-state index contributed by atoms with van der Waals surface area (Å²) in [6.07, 6.45) is 1.18. The van der Waals surface area contributed by atoms with Gasteiger partial charge >= 0.3 is 0 Å². The summed E-state index contributed by atoms with van der Waals surface area (Å²) in [4.78, 5) is 13.0. The quantitative estimate of drug-likeness (QED) is 0.609. The smallest absolute Gasteiger partial charge is 0.250 e. The van der Waals surface area contributed by atoms with E-state index < -0.39 is 5.82 Å². The van der Waals surface area contributed by atoms with E-state index in [4.69, 9.17) is 0 Å². The van der Waals surface area contributed by atoms with Crippen molar-refractivity contribution in [3.05, 3.63) is 78.1 Å². The summed E-state index contributed by atoms with van der Waals surface area (Å²) in [6.45, 7) is 3.43. The minimum Gasteiger partial charge on any atom is -0.311 e. The molecule has 0 spiro atoms. The van der Waals surface area contributed by atoms with Crippen molar-refractivity contribution >= 4 is 11.6 Å². The van der Waals surface area contributed by atoms with Crippen LogP contribution in [-0.4, -0.2) is 13.0 Å². The molecule has 21 heavy (non-hydrogen) atoms. The van der Waals surface area contributed by atoms with Crippen LogP contribution in [0.25, 0.3) is 0 Å². The number of nitrogens with zero attached hydrogens (tertiary/aromatic N) is 1. The van der Waals surface area contributed by atoms with Gasteiger partial charge in [0.05, 0.1) is 5.69 Å². The summed E-state index contributed by atoms with van der Waals surface area (Å²) in [7, 11) is 1.56. The van der Waals surface area contributed by atoms with Gasteiger partial charge < -0.3 is 4.90 Å². The number of amides is 1. The van der Waals surface area contributed by atoms with E-state index in [0.717, 1.165) is 5.56 Å². The molecular formula is C18H14FNO. The van der Waals surface area contributed by atoms with Gasteiger partial charge in [0.15, 0.2) is 0 Å². The monoisotopic (exact) mass is 279 g/mol. The molecule has 2 nitrogen and oxygen atoms in total. The first-order chi connectivity index (χ1) is 10.1. The number of rotatable bonds is 2. The van der Waals surface area contributed by atoms with Crippen LogP contribution < -0.4 is 4.90 Å². The zero-order valence-corrected chi connectivity index (χ0v) is 11.6. The molecule has 0 atom stereocenters. The summed E-state index contributed by atoms with van der Waals surface area (Å²) >= 11 is 0. The minimum absolute atomic E-state index is 0.316. The molecule has 0 aliphatic rings. The second-order valence-electron chi connectivity index (χ2n) is 4.38. The van der Waals surface area contributed by atoms with Crippen LogP contribution in [0.4, 0.5) is 10.1 Å². The topological polar surface area (TPSA) is 20.3 Å². The normalized spacial score (nSPS) is 9.43. The predicted molar refractivity (Wildman–Crippen MR) is 82.4 cm³/mol. The fourth-order valence-electron chi connectivity index (χ4n) is 1.80. The standard InChI is InChI=1S/C18H14FNO/c1-3-18(21)20(2)17-13-16(19)12-11-15(17)10-9-14-7-5-4-6-8-14/h3-8,11-13H,1H2,2H3. The molecular weight excluding hydrogens is 265 g/mol. The molecule has 0 N–H and O–H groups in total. The predicted octanol–water partition coefficient (Wildman–Crippen LogP) is 3.37. The summed E-state index contributed by atoms with van der Waals surface area (Å²) < 4.78 is 13.4. The maximum atomic E-state index is 13.4. The number of halogens is 1. The lowest BCUT2D eigenvalue weighted by Gasteiger charge is -2.17. The number of hydrogen-bond acceptors (Lipinski definition) is 1. The van der Waals surface area contributed by atoms with Gasteiger partial charge in [0.2, 0.25) is 5.91 Å². The Hall–Kier alpha value is -2.86. The van der Waals surface area contributed by atoms with E-state index in [1.807, 2.05) is 30.3 Å². The van der Waals surface area contributed by atoms with Crippen LogP contribution in [0, 0.1) is 17.7 Å². The molecule has 0 unspecified atom stereocenters. The Morgan fingerprint density at radius 1 is 1.19 bits per heavy atom. The van der Waals surface area contributed by atoms with Crippen LogP contribution in [0.5, 0.6) is 0 Å². The molecule has 2 rings (SSSR count). The van der Waals surface area contributed by atoms with E-state index in [1.165, 1.54) is 23.1 Å². The highest BCUT2D eigenvalue weighted by atomic mass is 19.1. The van der Waals surface area contributed by atoms with E-state index in [2.05, 4.69) is 18.4 Å². The van der Waals surface area contributed by atoms with Crippen molar-refractivity contribution in [2.24, 2.45) is 0 Å². The van der Waals surface area contributed by atoms with Crippen LogP contribution in [-0.2, 0) is 4.79 Å². The third kappa shape index (κ3) is 3.58. The highest BCUT2D eigenvalue weighted by Gasteiger charge is 2.12. The van der Waals surface area contributed by atoms with Crippen molar-refractivity contribution in [2.75, 3.05) is 11.9 Å². The summed E-state index contributed by atoms with van der Waals surface area (Å²) in [5, 5.41) is 0. The highest BCUT2D eigenvalue weighted by Crippen LogP contribution is 2.20. The minimum atomic E-state index is -0.418. The molecule has 2 aromatic rings. The maximum absolute atomic E-state index is 13.4. The molecule has 0 fully saturated rings. The van der Waals surface area contributed by atoms with Crippen molar-refractivity contribution in [1.82, 2.24) is 0 Å². The zero-order chi connectivity index (χ0) is 15.2. The lowest BCUT2D eigenvalue weighted by molar-refractivity contribution is -0.113. The van der Waals surface area contributed by atoms with Gasteiger partial charge in [-0.15, -0.1) is 0 Å². The van der Waals surface area contributed by atoms with Gasteiger partial charge in [-0.2, -0.15) is 0 Å². The Balaban J connectivity index is 2.43. The summed E-state index contributed by atoms with van der Waals surface area (Å²) in [5.41, 5.74) is 1.85. The molecule has 0 saturated carbocycles. The Kier molecular flexibility index (Phi) is 4.53. The van der Waals surface area contributed by atoms with E-state index in [0.29, 0.717) is 11.3 Å². The third-order valence-electron chi connectivity index (χ3n) is 2.94. The van der Waals surface area contributed by atoms with Crippen molar-refractivity contribution in [1.29, 1.82) is 0 Å². The molecule has 0 radical (unpaired) electrons. The largest absolute Gasteiger partial charge is 0.311 e. The Labute approximate surface area is 123 Å². The average Bonchev–Trinajstić information content (AvgIpc) is 2.53. The number of carbonyl (C=O) groups is 1. The Morgan fingerprint density at radius 2 is 1.90 bits per heavy atom. The van der Waals surface area contributed by atoms with Gasteiger partial charge in [0.1, 0.15) is 5.82 Å². The molecule has 2 aromatic carbocycles. The number of hydrogen-bond donors (Lipinski definition) is 0. The van der Waals surface area contributed by atoms with E-state index in [-0.39, 0.29) is 5.91 Å². The molecule has 0 bridgehead atoms. The first-order valence-corrected chi connectivity index (χ1v) is 6.38. The Bertz CT molecular complexity index is 726. The molecule has 0 aliphatic heterocycles. The fourth-order valence-corrected chi connectivity index (χ4v) is 1.80. The van der Waals surface area contributed by atoms with Crippen molar-refractivity contribution in [3.63, 3.8) is 0 Å². The van der Waals surface area contributed by atoms with E-state index in [1.54, 1.807) is 13.1 Å². The van der Waals surface area contributed by atoms with Crippen molar-refractivity contribution < 1.29 is 9.18 Å². The van der Waals surface area contributed by atoms with E-state index >= 15 is 0 Å². The van der Waals surface area contributed by atoms with Crippen LogP contribution in [0.1, 0.15) is 11.1 Å². The van der Waals surface area contributed by atoms with Gasteiger partial charge in [-0.1, -0.05) is 36.6 Å². The number of carbonyl (C=O) groups excluding carboxylic acids is 1. The van der Waals surface area contributed by atoms with E-state index in [9.17, 15) is 9.18 Å². The molecule has 0 saturated heterocycles. The Morgan fingerprint density at radius 3 is 2.57 bits per heavy atom. The van der Waals surface area contributed by atoms with Gasteiger partial charge in [0, 0.05) is 18.2 Å². The zero-order valence-electron chi connectivity index (χ0n) is 11.6. The summed E-state index contributed by atoms with van der Waals surface area (Å²) in [5.74, 6) is 5.23. The maximum Gasteiger partial charge on any atom is 0.250 e. The van der Waals surface area contributed by atoms with Gasteiger partial charge in [0.25, 0.3) is 0 Å². The second-order valence-corrected chi connectivity index (χ2v) is 4.38. The third-order valence-corrected chi connectivity index (χ3v) is 2.94. The molecule has 0 aliphatic carbocycles. The lowest BCUT2D eigenvalue weighted by Crippen LogP contribution is -2.24. The fraction of sp³-hybridized carbons (Fsp3) is 0.0556. The second kappa shape index (κ2) is 6.53. The summed E-state index contributed by atoms with van der Waals surface area (Å²) in [6, 6.07) is 13.6. The van der Waals surface area contributed by atoms with Gasteiger partial charge in [-0.25, -0.2) is 4.39 Å². The molecule has 104 valence electrons. The van der Waals surface area contributed by atoms with Crippen LogP contribution in [0.15, 0.2) is 61.2 Å². The molecule has 0 aromatic heterocycles. The molecule has 3 heteroatoms. The van der Waals surface area contributed by atoms with Crippen molar-refractivity contribution in [3.8, 4) is 11.8 Å². The SMILES string of the molecule is C=CC(=O)N(C)c1cc(F)ccc1C#Cc1ccccc1. The van der Waals surface area contributed by atoms with Crippen LogP contribution in [0.2, 0.25) is 0 Å². The molecule has 0 heterocycles. The van der Waals surface area contributed by atoms with Gasteiger partial charge in [-0.05, 0) is 36.4 Å². The number of benzene rings is 2. The first-order valence-electron chi connectivity index (χ1n) is 6.38. The number of likely N-dealkylation sites (N-methyl/N-ethyl adjacent to an activating group) is 1. The average molecular weight is 279 g/mol. The van der Waals surface area contributed by atoms with Crippen molar-refractivity contribution in [2.45, 2.75) is 0 Å². The molecule has 1 amide bonds. The first kappa shape index (κ1) is 14.5.